The summed E-state index contributed by atoms with van der Waals surface area (Å²) < 4.78 is 4.74. The summed E-state index contributed by atoms with van der Waals surface area (Å²) in [4.78, 5) is 37.6. The van der Waals surface area contributed by atoms with Gasteiger partial charge in [0.05, 0.1) is 0 Å². The highest BCUT2D eigenvalue weighted by atomic mass is 16.5. The van der Waals surface area contributed by atoms with E-state index in [1.54, 1.807) is 0 Å². The van der Waals surface area contributed by atoms with Crippen molar-refractivity contribution in [3.63, 3.8) is 0 Å². The van der Waals surface area contributed by atoms with E-state index in [2.05, 4.69) is 15.3 Å². The summed E-state index contributed by atoms with van der Waals surface area (Å²) >= 11 is 0. The molecule has 1 aromatic heterocycles. The van der Waals surface area contributed by atoms with Crippen molar-refractivity contribution in [2.24, 2.45) is 0 Å². The van der Waals surface area contributed by atoms with Crippen LogP contribution in [0.2, 0.25) is 0 Å². The van der Waals surface area contributed by atoms with Gasteiger partial charge < -0.3 is 25.1 Å². The Morgan fingerprint density at radius 2 is 2.29 bits per heavy atom. The lowest BCUT2D eigenvalue weighted by Crippen LogP contribution is -2.41. The molecule has 0 bridgehead atoms. The Hall–Kier alpha value is -2.09. The minimum Gasteiger partial charge on any atom is -0.480 e. The highest BCUT2D eigenvalue weighted by Gasteiger charge is 2.20. The molecule has 8 heteroatoms. The van der Waals surface area contributed by atoms with E-state index >= 15 is 0 Å². The van der Waals surface area contributed by atoms with Gasteiger partial charge in [0.1, 0.15) is 11.7 Å². The molecule has 0 spiro atoms. The van der Waals surface area contributed by atoms with E-state index in [9.17, 15) is 14.4 Å². The molecule has 94 valence electrons. The van der Waals surface area contributed by atoms with Gasteiger partial charge in [-0.15, -0.1) is 0 Å². The molecule has 0 aliphatic heterocycles. The van der Waals surface area contributed by atoms with Crippen LogP contribution in [0, 0.1) is 0 Å². The first-order chi connectivity index (χ1) is 8.04. The molecule has 1 unspecified atom stereocenters. The molecule has 1 atom stereocenters. The number of carboxylic acid groups (broad SMARTS) is 1. The van der Waals surface area contributed by atoms with Gasteiger partial charge in [0.25, 0.3) is 5.91 Å². The van der Waals surface area contributed by atoms with Crippen LogP contribution in [0.5, 0.6) is 0 Å². The molecule has 17 heavy (non-hydrogen) atoms. The number of aliphatic carboxylic acids is 1. The lowest BCUT2D eigenvalue weighted by atomic mass is 10.2. The Morgan fingerprint density at radius 3 is 2.76 bits per heavy atom. The Labute approximate surface area is 96.0 Å². The van der Waals surface area contributed by atoms with E-state index in [4.69, 9.17) is 9.84 Å². The monoisotopic (exact) mass is 243 g/mol. The van der Waals surface area contributed by atoms with Crippen molar-refractivity contribution < 1.29 is 19.4 Å². The summed E-state index contributed by atoms with van der Waals surface area (Å²) in [6, 6.07) is -1.05. The molecule has 0 aliphatic carbocycles. The van der Waals surface area contributed by atoms with Crippen LogP contribution in [0.4, 0.5) is 0 Å². The smallest absolute Gasteiger partial charge is 0.326 e. The second-order valence-corrected chi connectivity index (χ2v) is 3.30. The van der Waals surface area contributed by atoms with Crippen LogP contribution in [-0.4, -0.2) is 46.7 Å². The zero-order valence-electron chi connectivity index (χ0n) is 9.15. The number of ether oxygens (including phenoxy) is 1. The number of hydrogen-bond donors (Lipinski definition) is 4. The van der Waals surface area contributed by atoms with Crippen molar-refractivity contribution in [1.82, 2.24) is 15.3 Å². The maximum Gasteiger partial charge on any atom is 0.326 e. The molecule has 0 saturated heterocycles. The van der Waals surface area contributed by atoms with E-state index in [0.717, 1.165) is 0 Å². The standard InChI is InChI=1S/C9H13N3O5/c1-17-3-2-5(8(14)15)11-7(13)6-4-10-9(16)12-6/h4-5H,2-3H2,1H3,(H,11,13)(H,14,15)(H2,10,12,16). The predicted molar refractivity (Wildman–Crippen MR) is 56.8 cm³/mol. The number of carbonyl (C=O) groups excluding carboxylic acids is 1. The Kier molecular flexibility index (Phi) is 4.46. The van der Waals surface area contributed by atoms with Crippen LogP contribution in [-0.2, 0) is 9.53 Å². The number of H-pyrrole nitrogens is 2. The Balaban J connectivity index is 2.64. The van der Waals surface area contributed by atoms with Gasteiger partial charge in [0.15, 0.2) is 0 Å². The Bertz CT molecular complexity index is 449. The molecule has 1 rings (SSSR count). The zero-order chi connectivity index (χ0) is 12.8. The van der Waals surface area contributed by atoms with Crippen LogP contribution in [0.25, 0.3) is 0 Å². The van der Waals surface area contributed by atoms with Gasteiger partial charge in [-0.2, -0.15) is 0 Å². The van der Waals surface area contributed by atoms with Gasteiger partial charge in [0.2, 0.25) is 0 Å². The second-order valence-electron chi connectivity index (χ2n) is 3.30. The van der Waals surface area contributed by atoms with Gasteiger partial charge in [-0.05, 0) is 0 Å². The number of hydrogen-bond acceptors (Lipinski definition) is 4. The van der Waals surface area contributed by atoms with Crippen LogP contribution in [0.15, 0.2) is 11.0 Å². The molecule has 4 N–H and O–H groups in total. The number of imidazole rings is 1. The molecule has 1 amide bonds. The first-order valence-corrected chi connectivity index (χ1v) is 4.85. The number of rotatable bonds is 6. The van der Waals surface area contributed by atoms with Gasteiger partial charge in [0, 0.05) is 26.3 Å². The van der Waals surface area contributed by atoms with Crippen LogP contribution in [0.1, 0.15) is 16.9 Å². The van der Waals surface area contributed by atoms with E-state index in [0.29, 0.717) is 0 Å². The number of aromatic nitrogens is 2. The third-order valence-electron chi connectivity index (χ3n) is 2.05. The van der Waals surface area contributed by atoms with Gasteiger partial charge in [-0.25, -0.2) is 9.59 Å². The summed E-state index contributed by atoms with van der Waals surface area (Å²) in [6.45, 7) is 0.209. The normalized spacial score (nSPS) is 12.1. The summed E-state index contributed by atoms with van der Waals surface area (Å²) in [7, 11) is 1.43. The van der Waals surface area contributed by atoms with Gasteiger partial charge >= 0.3 is 11.7 Å². The molecule has 0 aliphatic rings. The lowest BCUT2D eigenvalue weighted by molar-refractivity contribution is -0.139. The van der Waals surface area contributed by atoms with Crippen molar-refractivity contribution >= 4 is 11.9 Å². The molecule has 0 saturated carbocycles. The molecule has 0 aromatic carbocycles. The summed E-state index contributed by atoms with van der Waals surface area (Å²) in [5.41, 5.74) is -0.544. The van der Waals surface area contributed by atoms with E-state index in [1.807, 2.05) is 0 Å². The van der Waals surface area contributed by atoms with Gasteiger partial charge in [-0.3, -0.25) is 4.79 Å². The van der Waals surface area contributed by atoms with Crippen molar-refractivity contribution in [3.05, 3.63) is 22.4 Å². The minimum atomic E-state index is -1.16. The van der Waals surface area contributed by atoms with Gasteiger partial charge in [-0.1, -0.05) is 0 Å². The number of methoxy groups -OCH3 is 1. The predicted octanol–water partition coefficient (Wildman–Crippen LogP) is -1.08. The third-order valence-corrected chi connectivity index (χ3v) is 2.05. The van der Waals surface area contributed by atoms with Crippen molar-refractivity contribution in [2.75, 3.05) is 13.7 Å². The first-order valence-electron chi connectivity index (χ1n) is 4.85. The molecular weight excluding hydrogens is 230 g/mol. The molecule has 1 heterocycles. The molecule has 8 nitrogen and oxygen atoms in total. The van der Waals surface area contributed by atoms with Crippen LogP contribution < -0.4 is 11.0 Å². The third kappa shape index (κ3) is 3.76. The number of aromatic amines is 2. The summed E-state index contributed by atoms with van der Waals surface area (Å²) in [5.74, 6) is -1.82. The molecule has 0 fully saturated rings. The maximum atomic E-state index is 11.5. The number of nitrogens with one attached hydrogen (secondary N) is 3. The maximum absolute atomic E-state index is 11.5. The number of amides is 1. The van der Waals surface area contributed by atoms with E-state index in [-0.39, 0.29) is 18.7 Å². The van der Waals surface area contributed by atoms with Crippen molar-refractivity contribution in [2.45, 2.75) is 12.5 Å². The molecular formula is C9H13N3O5. The average Bonchev–Trinajstić information content (AvgIpc) is 2.70. The van der Waals surface area contributed by atoms with Crippen LogP contribution in [0.3, 0.4) is 0 Å². The highest BCUT2D eigenvalue weighted by molar-refractivity contribution is 5.94. The number of carboxylic acids is 1. The lowest BCUT2D eigenvalue weighted by Gasteiger charge is -2.12. The zero-order valence-corrected chi connectivity index (χ0v) is 9.15. The SMILES string of the molecule is COCCC(NC(=O)c1c[nH]c(=O)[nH]1)C(=O)O. The fraction of sp³-hybridized carbons (Fsp3) is 0.444. The highest BCUT2D eigenvalue weighted by Crippen LogP contribution is 1.96. The topological polar surface area (TPSA) is 124 Å². The quantitative estimate of drug-likeness (QED) is 0.506. The molecule has 1 aromatic rings. The first kappa shape index (κ1) is 13.0. The fourth-order valence-electron chi connectivity index (χ4n) is 1.18. The van der Waals surface area contributed by atoms with E-state index < -0.39 is 23.6 Å². The summed E-state index contributed by atoms with van der Waals surface area (Å²) in [6.07, 6.45) is 1.32. The second kappa shape index (κ2) is 5.85. The number of carbonyl (C=O) groups is 2. The van der Waals surface area contributed by atoms with Crippen molar-refractivity contribution in [3.8, 4) is 0 Å². The van der Waals surface area contributed by atoms with E-state index in [1.165, 1.54) is 13.3 Å². The van der Waals surface area contributed by atoms with Crippen molar-refractivity contribution in [1.29, 1.82) is 0 Å². The minimum absolute atomic E-state index is 0.0151. The largest absolute Gasteiger partial charge is 0.480 e. The summed E-state index contributed by atoms with van der Waals surface area (Å²) in [5, 5.41) is 11.1. The molecule has 0 radical (unpaired) electrons. The Morgan fingerprint density at radius 1 is 1.59 bits per heavy atom. The fourth-order valence-corrected chi connectivity index (χ4v) is 1.18. The average molecular weight is 243 g/mol. The van der Waals surface area contributed by atoms with Crippen LogP contribution >= 0.6 is 0 Å².